The third-order valence-electron chi connectivity index (χ3n) is 4.83. The number of rotatable bonds is 5. The highest BCUT2D eigenvalue weighted by Crippen LogP contribution is 2.33. The highest BCUT2D eigenvalue weighted by molar-refractivity contribution is 5.77. The smallest absolute Gasteiger partial charge is 0.317 e. The molecule has 0 bridgehead atoms. The van der Waals surface area contributed by atoms with Gasteiger partial charge in [0.05, 0.1) is 24.1 Å². The van der Waals surface area contributed by atoms with Crippen molar-refractivity contribution in [3.63, 3.8) is 0 Å². The second kappa shape index (κ2) is 6.22. The molecule has 0 atom stereocenters. The average molecular weight is 298 g/mol. The number of likely N-dealkylation sites (N-methyl/N-ethyl adjacent to an activating group) is 1. The number of hydrogen-bond donors (Lipinski definition) is 3. The second-order valence-corrected chi connectivity index (χ2v) is 6.78. The molecule has 0 unspecified atom stereocenters. The molecule has 2 aliphatic carbocycles. The minimum Gasteiger partial charge on any atom is -0.481 e. The van der Waals surface area contributed by atoms with Gasteiger partial charge >= 0.3 is 12.0 Å². The van der Waals surface area contributed by atoms with Gasteiger partial charge in [0.25, 0.3) is 0 Å². The number of aliphatic carboxylic acids is 1. The van der Waals surface area contributed by atoms with Crippen LogP contribution in [-0.2, 0) is 4.79 Å². The number of nitrogens with one attached hydrogen (secondary N) is 1. The van der Waals surface area contributed by atoms with E-state index < -0.39 is 17.1 Å². The van der Waals surface area contributed by atoms with Crippen LogP contribution in [0.5, 0.6) is 0 Å². The van der Waals surface area contributed by atoms with Crippen molar-refractivity contribution in [2.24, 2.45) is 0 Å². The monoisotopic (exact) mass is 298 g/mol. The van der Waals surface area contributed by atoms with Gasteiger partial charge in [-0.1, -0.05) is 25.7 Å². The van der Waals surface area contributed by atoms with E-state index in [2.05, 4.69) is 5.32 Å². The van der Waals surface area contributed by atoms with Crippen LogP contribution in [0.1, 0.15) is 57.8 Å². The van der Waals surface area contributed by atoms with Crippen molar-refractivity contribution in [3.05, 3.63) is 0 Å². The minimum atomic E-state index is -0.880. The SMILES string of the molecule is CN(CC1(O)CCCC1)C(=O)NC1(CC(=O)O)CCCC1. The van der Waals surface area contributed by atoms with Crippen molar-refractivity contribution in [3.8, 4) is 0 Å². The van der Waals surface area contributed by atoms with Crippen LogP contribution in [0.2, 0.25) is 0 Å². The lowest BCUT2D eigenvalue weighted by molar-refractivity contribution is -0.138. The van der Waals surface area contributed by atoms with Crippen LogP contribution < -0.4 is 5.32 Å². The molecular formula is C15H26N2O4. The molecule has 2 aliphatic rings. The van der Waals surface area contributed by atoms with E-state index in [-0.39, 0.29) is 12.5 Å². The average Bonchev–Trinajstić information content (AvgIpc) is 2.98. The lowest BCUT2D eigenvalue weighted by Gasteiger charge is -2.34. The Balaban J connectivity index is 1.93. The molecular weight excluding hydrogens is 272 g/mol. The van der Waals surface area contributed by atoms with E-state index in [1.54, 1.807) is 7.05 Å². The number of nitrogens with zero attached hydrogens (tertiary/aromatic N) is 1. The standard InChI is InChI=1S/C15H26N2O4/c1-17(11-15(21)8-4-5-9-15)13(20)16-14(10-12(18)19)6-2-3-7-14/h21H,2-11H2,1H3,(H,16,20)(H,18,19). The molecule has 0 aromatic carbocycles. The Morgan fingerprint density at radius 2 is 1.62 bits per heavy atom. The molecule has 21 heavy (non-hydrogen) atoms. The number of urea groups is 1. The normalized spacial score (nSPS) is 23.0. The number of aliphatic hydroxyl groups is 1. The zero-order valence-corrected chi connectivity index (χ0v) is 12.7. The Morgan fingerprint density at radius 3 is 2.14 bits per heavy atom. The molecule has 2 saturated carbocycles. The fourth-order valence-corrected chi connectivity index (χ4v) is 3.71. The van der Waals surface area contributed by atoms with Gasteiger partial charge in [-0.2, -0.15) is 0 Å². The second-order valence-electron chi connectivity index (χ2n) is 6.78. The minimum absolute atomic E-state index is 0.0309. The molecule has 0 aliphatic heterocycles. The van der Waals surface area contributed by atoms with Gasteiger partial charge in [-0.3, -0.25) is 4.79 Å². The van der Waals surface area contributed by atoms with Gasteiger partial charge in [-0.05, 0) is 25.7 Å². The number of hydrogen-bond acceptors (Lipinski definition) is 3. The van der Waals surface area contributed by atoms with E-state index in [9.17, 15) is 14.7 Å². The summed E-state index contributed by atoms with van der Waals surface area (Å²) in [5.74, 6) is -0.880. The summed E-state index contributed by atoms with van der Waals surface area (Å²) in [7, 11) is 1.66. The summed E-state index contributed by atoms with van der Waals surface area (Å²) >= 11 is 0. The van der Waals surface area contributed by atoms with Crippen molar-refractivity contribution >= 4 is 12.0 Å². The van der Waals surface area contributed by atoms with Gasteiger partial charge in [0.1, 0.15) is 0 Å². The Morgan fingerprint density at radius 1 is 1.10 bits per heavy atom. The van der Waals surface area contributed by atoms with Gasteiger partial charge in [-0.25, -0.2) is 4.79 Å². The topological polar surface area (TPSA) is 89.9 Å². The maximum absolute atomic E-state index is 12.3. The van der Waals surface area contributed by atoms with Crippen molar-refractivity contribution in [2.45, 2.75) is 68.9 Å². The summed E-state index contributed by atoms with van der Waals surface area (Å²) in [6.07, 6.45) is 6.73. The lowest BCUT2D eigenvalue weighted by atomic mass is 9.93. The van der Waals surface area contributed by atoms with E-state index in [4.69, 9.17) is 5.11 Å². The fourth-order valence-electron chi connectivity index (χ4n) is 3.71. The van der Waals surface area contributed by atoms with Crippen molar-refractivity contribution in [2.75, 3.05) is 13.6 Å². The number of amides is 2. The van der Waals surface area contributed by atoms with Crippen LogP contribution >= 0.6 is 0 Å². The van der Waals surface area contributed by atoms with Gasteiger partial charge in [-0.15, -0.1) is 0 Å². The number of carboxylic acid groups (broad SMARTS) is 1. The number of carbonyl (C=O) groups is 2. The third-order valence-corrected chi connectivity index (χ3v) is 4.83. The highest BCUT2D eigenvalue weighted by atomic mass is 16.4. The van der Waals surface area contributed by atoms with Crippen LogP contribution in [0.3, 0.4) is 0 Å². The predicted octanol–water partition coefficient (Wildman–Crippen LogP) is 1.72. The Hall–Kier alpha value is -1.30. The van der Waals surface area contributed by atoms with Crippen LogP contribution in [0.15, 0.2) is 0 Å². The Kier molecular flexibility index (Phi) is 4.76. The fraction of sp³-hybridized carbons (Fsp3) is 0.867. The zero-order chi connectivity index (χ0) is 15.5. The van der Waals surface area contributed by atoms with Crippen LogP contribution in [-0.4, -0.2) is 51.8 Å². The van der Waals surface area contributed by atoms with Crippen LogP contribution in [0.25, 0.3) is 0 Å². The number of carbonyl (C=O) groups excluding carboxylic acids is 1. The lowest BCUT2D eigenvalue weighted by Crippen LogP contribution is -2.54. The quantitative estimate of drug-likeness (QED) is 0.721. The Labute approximate surface area is 125 Å². The Bertz CT molecular complexity index is 398. The van der Waals surface area contributed by atoms with Gasteiger partial charge in [0.2, 0.25) is 0 Å². The largest absolute Gasteiger partial charge is 0.481 e. The first-order chi connectivity index (χ1) is 9.84. The van der Waals surface area contributed by atoms with Crippen molar-refractivity contribution < 1.29 is 19.8 Å². The molecule has 2 amide bonds. The molecule has 0 aromatic rings. The summed E-state index contributed by atoms with van der Waals surface area (Å²) in [5.41, 5.74) is -1.39. The molecule has 0 spiro atoms. The first-order valence-electron chi connectivity index (χ1n) is 7.82. The van der Waals surface area contributed by atoms with Crippen LogP contribution in [0, 0.1) is 0 Å². The molecule has 0 aromatic heterocycles. The maximum Gasteiger partial charge on any atom is 0.317 e. The first-order valence-corrected chi connectivity index (χ1v) is 7.82. The number of carboxylic acids is 1. The molecule has 2 fully saturated rings. The summed E-state index contributed by atoms with van der Waals surface area (Å²) in [6, 6.07) is -0.279. The molecule has 0 saturated heterocycles. The van der Waals surface area contributed by atoms with E-state index >= 15 is 0 Å². The van der Waals surface area contributed by atoms with E-state index in [0.717, 1.165) is 38.5 Å². The van der Waals surface area contributed by atoms with Gasteiger partial charge < -0.3 is 20.4 Å². The summed E-state index contributed by atoms with van der Waals surface area (Å²) < 4.78 is 0. The van der Waals surface area contributed by atoms with E-state index in [0.29, 0.717) is 19.4 Å². The molecule has 2 rings (SSSR count). The van der Waals surface area contributed by atoms with Crippen molar-refractivity contribution in [1.29, 1.82) is 0 Å². The molecule has 0 heterocycles. The maximum atomic E-state index is 12.3. The predicted molar refractivity (Wildman–Crippen MR) is 78.0 cm³/mol. The van der Waals surface area contributed by atoms with Gasteiger partial charge in [0, 0.05) is 7.05 Å². The molecule has 6 heteroatoms. The van der Waals surface area contributed by atoms with Crippen LogP contribution in [0.4, 0.5) is 4.79 Å². The first kappa shape index (κ1) is 16.1. The third kappa shape index (κ3) is 4.09. The zero-order valence-electron chi connectivity index (χ0n) is 12.7. The summed E-state index contributed by atoms with van der Waals surface area (Å²) in [5, 5.41) is 22.3. The molecule has 0 radical (unpaired) electrons. The van der Waals surface area contributed by atoms with E-state index in [1.807, 2.05) is 0 Å². The van der Waals surface area contributed by atoms with Gasteiger partial charge in [0.15, 0.2) is 0 Å². The molecule has 120 valence electrons. The highest BCUT2D eigenvalue weighted by Gasteiger charge is 2.39. The van der Waals surface area contributed by atoms with E-state index in [1.165, 1.54) is 4.90 Å². The summed E-state index contributed by atoms with van der Waals surface area (Å²) in [6.45, 7) is 0.308. The van der Waals surface area contributed by atoms with Crippen molar-refractivity contribution in [1.82, 2.24) is 10.2 Å². The summed E-state index contributed by atoms with van der Waals surface area (Å²) in [4.78, 5) is 24.9. The molecule has 3 N–H and O–H groups in total. The molecule has 6 nitrogen and oxygen atoms in total.